The summed E-state index contributed by atoms with van der Waals surface area (Å²) in [5, 5.41) is 5.89. The predicted molar refractivity (Wildman–Crippen MR) is 139 cm³/mol. The van der Waals surface area contributed by atoms with Gasteiger partial charge in [0.1, 0.15) is 0 Å². The zero-order valence-electron chi connectivity index (χ0n) is 20.3. The number of hydrogen-bond acceptors (Lipinski definition) is 5. The van der Waals surface area contributed by atoms with Crippen molar-refractivity contribution in [3.05, 3.63) is 95.6 Å². The van der Waals surface area contributed by atoms with E-state index >= 15 is 0 Å². The monoisotopic (exact) mass is 486 g/mol. The first kappa shape index (κ1) is 24.9. The second-order valence-electron chi connectivity index (χ2n) is 8.61. The predicted octanol–water partition coefficient (Wildman–Crippen LogP) is 3.48. The fourth-order valence-electron chi connectivity index (χ4n) is 3.98. The molecule has 0 radical (unpaired) electrons. The summed E-state index contributed by atoms with van der Waals surface area (Å²) in [7, 11) is 1.75. The minimum Gasteiger partial charge on any atom is -0.378 e. The lowest BCUT2D eigenvalue weighted by Gasteiger charge is -2.27. The van der Waals surface area contributed by atoms with Crippen LogP contribution in [0.4, 0.5) is 11.4 Å². The number of carbonyl (C=O) groups is 3. The summed E-state index contributed by atoms with van der Waals surface area (Å²) in [5.74, 6) is -0.443. The SMILES string of the molecule is CN(Cc1ccccc1)C(=O)c1cccc(NC(=O)CNc2cccc(C(=O)N3CCOCC3)c2)c1. The van der Waals surface area contributed by atoms with Gasteiger partial charge in [0.2, 0.25) is 5.91 Å². The third kappa shape index (κ3) is 6.70. The molecule has 1 aliphatic heterocycles. The van der Waals surface area contributed by atoms with Gasteiger partial charge < -0.3 is 25.2 Å². The largest absolute Gasteiger partial charge is 0.378 e. The Morgan fingerprint density at radius 1 is 0.861 bits per heavy atom. The first-order valence-corrected chi connectivity index (χ1v) is 11.9. The van der Waals surface area contributed by atoms with Gasteiger partial charge in [-0.25, -0.2) is 0 Å². The van der Waals surface area contributed by atoms with Gasteiger partial charge in [0, 0.05) is 49.2 Å². The molecule has 186 valence electrons. The topological polar surface area (TPSA) is 91.0 Å². The maximum Gasteiger partial charge on any atom is 0.254 e. The molecule has 3 aromatic rings. The first-order chi connectivity index (χ1) is 17.5. The Morgan fingerprint density at radius 3 is 2.28 bits per heavy atom. The highest BCUT2D eigenvalue weighted by molar-refractivity contribution is 5.98. The van der Waals surface area contributed by atoms with Crippen molar-refractivity contribution >= 4 is 29.1 Å². The van der Waals surface area contributed by atoms with E-state index in [9.17, 15) is 14.4 Å². The van der Waals surface area contributed by atoms with Gasteiger partial charge in [-0.15, -0.1) is 0 Å². The van der Waals surface area contributed by atoms with E-state index in [-0.39, 0.29) is 24.3 Å². The van der Waals surface area contributed by atoms with Gasteiger partial charge in [-0.3, -0.25) is 14.4 Å². The van der Waals surface area contributed by atoms with E-state index in [0.717, 1.165) is 5.56 Å². The van der Waals surface area contributed by atoms with Crippen LogP contribution in [0.2, 0.25) is 0 Å². The minimum atomic E-state index is -0.262. The fraction of sp³-hybridized carbons (Fsp3) is 0.250. The van der Waals surface area contributed by atoms with Crippen LogP contribution in [0, 0.1) is 0 Å². The molecule has 0 atom stereocenters. The molecule has 0 spiro atoms. The fourth-order valence-corrected chi connectivity index (χ4v) is 3.98. The number of morpholine rings is 1. The van der Waals surface area contributed by atoms with Crippen molar-refractivity contribution in [3.8, 4) is 0 Å². The van der Waals surface area contributed by atoms with Crippen LogP contribution in [0.5, 0.6) is 0 Å². The minimum absolute atomic E-state index is 0.0152. The van der Waals surface area contributed by atoms with Gasteiger partial charge in [-0.05, 0) is 42.0 Å². The number of amides is 3. The number of hydrogen-bond donors (Lipinski definition) is 2. The van der Waals surface area contributed by atoms with Crippen LogP contribution in [0.25, 0.3) is 0 Å². The Hall–Kier alpha value is -4.17. The molecule has 0 saturated carbocycles. The van der Waals surface area contributed by atoms with Gasteiger partial charge in [0.05, 0.1) is 19.8 Å². The number of benzene rings is 3. The van der Waals surface area contributed by atoms with Crippen molar-refractivity contribution < 1.29 is 19.1 Å². The molecule has 2 N–H and O–H groups in total. The zero-order chi connectivity index (χ0) is 25.3. The van der Waals surface area contributed by atoms with Crippen molar-refractivity contribution in [2.45, 2.75) is 6.54 Å². The second-order valence-corrected chi connectivity index (χ2v) is 8.61. The zero-order valence-corrected chi connectivity index (χ0v) is 20.3. The highest BCUT2D eigenvalue weighted by Crippen LogP contribution is 2.16. The van der Waals surface area contributed by atoms with E-state index in [4.69, 9.17) is 4.74 Å². The lowest BCUT2D eigenvalue weighted by Crippen LogP contribution is -2.40. The number of nitrogens with zero attached hydrogens (tertiary/aromatic N) is 2. The van der Waals surface area contributed by atoms with E-state index in [0.29, 0.717) is 55.3 Å². The molecule has 0 aromatic heterocycles. The van der Waals surface area contributed by atoms with E-state index in [1.54, 1.807) is 59.3 Å². The van der Waals surface area contributed by atoms with Crippen LogP contribution in [-0.4, -0.2) is 67.4 Å². The Labute approximate surface area is 210 Å². The molecular formula is C28H30N4O4. The second kappa shape index (κ2) is 12.0. The molecule has 3 aromatic carbocycles. The van der Waals surface area contributed by atoms with Crippen molar-refractivity contribution in [3.63, 3.8) is 0 Å². The van der Waals surface area contributed by atoms with Gasteiger partial charge in [-0.2, -0.15) is 0 Å². The van der Waals surface area contributed by atoms with Crippen LogP contribution in [0.15, 0.2) is 78.9 Å². The number of nitrogens with one attached hydrogen (secondary N) is 2. The third-order valence-electron chi connectivity index (χ3n) is 5.86. The van der Waals surface area contributed by atoms with E-state index in [2.05, 4.69) is 10.6 Å². The maximum atomic E-state index is 12.9. The van der Waals surface area contributed by atoms with Gasteiger partial charge >= 0.3 is 0 Å². The van der Waals surface area contributed by atoms with E-state index < -0.39 is 0 Å². The molecule has 0 bridgehead atoms. The molecule has 0 unspecified atom stereocenters. The van der Waals surface area contributed by atoms with Gasteiger partial charge in [0.25, 0.3) is 11.8 Å². The highest BCUT2D eigenvalue weighted by atomic mass is 16.5. The average molecular weight is 487 g/mol. The summed E-state index contributed by atoms with van der Waals surface area (Å²) in [6.07, 6.45) is 0. The summed E-state index contributed by atoms with van der Waals surface area (Å²) < 4.78 is 5.31. The van der Waals surface area contributed by atoms with E-state index in [1.165, 1.54) is 0 Å². The van der Waals surface area contributed by atoms with Crippen molar-refractivity contribution in [2.75, 3.05) is 50.5 Å². The summed E-state index contributed by atoms with van der Waals surface area (Å²) in [4.78, 5) is 41.5. The lowest BCUT2D eigenvalue weighted by molar-refractivity contribution is -0.114. The van der Waals surface area contributed by atoms with Gasteiger partial charge in [-0.1, -0.05) is 42.5 Å². The summed E-state index contributed by atoms with van der Waals surface area (Å²) >= 11 is 0. The molecule has 4 rings (SSSR count). The van der Waals surface area contributed by atoms with Crippen LogP contribution < -0.4 is 10.6 Å². The first-order valence-electron chi connectivity index (χ1n) is 11.9. The molecule has 0 aliphatic carbocycles. The van der Waals surface area contributed by atoms with Crippen LogP contribution in [0.3, 0.4) is 0 Å². The Bertz CT molecular complexity index is 1210. The molecule has 1 fully saturated rings. The number of rotatable bonds is 8. The molecule has 1 saturated heterocycles. The van der Waals surface area contributed by atoms with Crippen molar-refractivity contribution in [1.82, 2.24) is 9.80 Å². The Morgan fingerprint density at radius 2 is 1.53 bits per heavy atom. The van der Waals surface area contributed by atoms with Crippen molar-refractivity contribution in [1.29, 1.82) is 0 Å². The quantitative estimate of drug-likeness (QED) is 0.509. The molecular weight excluding hydrogens is 456 g/mol. The Balaban J connectivity index is 1.31. The number of anilines is 2. The third-order valence-corrected chi connectivity index (χ3v) is 5.86. The molecule has 1 heterocycles. The smallest absolute Gasteiger partial charge is 0.254 e. The normalized spacial score (nSPS) is 13.1. The van der Waals surface area contributed by atoms with Crippen molar-refractivity contribution in [2.24, 2.45) is 0 Å². The number of ether oxygens (including phenoxy) is 1. The van der Waals surface area contributed by atoms with Crippen LogP contribution in [0.1, 0.15) is 26.3 Å². The summed E-state index contributed by atoms with van der Waals surface area (Å²) in [6, 6.07) is 23.8. The summed E-state index contributed by atoms with van der Waals surface area (Å²) in [5.41, 5.74) is 3.31. The maximum absolute atomic E-state index is 12.9. The molecule has 8 nitrogen and oxygen atoms in total. The van der Waals surface area contributed by atoms with Crippen LogP contribution in [-0.2, 0) is 16.1 Å². The lowest BCUT2D eigenvalue weighted by atomic mass is 10.1. The van der Waals surface area contributed by atoms with E-state index in [1.807, 2.05) is 36.4 Å². The summed E-state index contributed by atoms with van der Waals surface area (Å²) in [6.45, 7) is 2.74. The van der Waals surface area contributed by atoms with Gasteiger partial charge in [0.15, 0.2) is 0 Å². The molecule has 1 aliphatic rings. The highest BCUT2D eigenvalue weighted by Gasteiger charge is 2.19. The average Bonchev–Trinajstić information content (AvgIpc) is 2.92. The molecule has 36 heavy (non-hydrogen) atoms. The number of carbonyl (C=O) groups excluding carboxylic acids is 3. The Kier molecular flexibility index (Phi) is 8.31. The molecule has 3 amide bonds. The standard InChI is InChI=1S/C28H30N4O4/c1-31(20-21-7-3-2-4-8-21)27(34)22-9-6-12-25(18-22)30-26(33)19-29-24-11-5-10-23(17-24)28(35)32-13-15-36-16-14-32/h2-12,17-18,29H,13-16,19-20H2,1H3,(H,30,33). The molecule has 8 heteroatoms. The van der Waals surface area contributed by atoms with Crippen LogP contribution >= 0.6 is 0 Å².